The number of nitrogens with zero attached hydrogens (tertiary/aromatic N) is 3. The van der Waals surface area contributed by atoms with Crippen LogP contribution in [0.2, 0.25) is 0 Å². The minimum Gasteiger partial charge on any atom is -0.334 e. The lowest BCUT2D eigenvalue weighted by molar-refractivity contribution is 0.0568. The lowest BCUT2D eigenvalue weighted by Crippen LogP contribution is -2.45. The molecule has 0 spiro atoms. The van der Waals surface area contributed by atoms with Crippen LogP contribution in [0.3, 0.4) is 0 Å². The zero-order chi connectivity index (χ0) is 15.6. The van der Waals surface area contributed by atoms with Crippen molar-refractivity contribution in [3.8, 4) is 0 Å². The van der Waals surface area contributed by atoms with Crippen LogP contribution in [0.1, 0.15) is 62.8 Å². The van der Waals surface area contributed by atoms with Gasteiger partial charge in [-0.2, -0.15) is 0 Å². The Labute approximate surface area is 126 Å². The number of hydrazine groups is 1. The zero-order valence-corrected chi connectivity index (χ0v) is 13.3. The number of piperidine rings is 1. The third-order valence-corrected chi connectivity index (χ3v) is 4.06. The zero-order valence-electron chi connectivity index (χ0n) is 13.3. The van der Waals surface area contributed by atoms with E-state index < -0.39 is 0 Å². The fraction of sp³-hybridized carbons (Fsp3) is 0.667. The number of aromatic nitrogens is 2. The highest BCUT2D eigenvalue weighted by atomic mass is 16.2. The maximum Gasteiger partial charge on any atom is 0.275 e. The molecule has 1 fully saturated rings. The Balaban J connectivity index is 2.34. The molecule has 1 aliphatic heterocycles. The lowest BCUT2D eigenvalue weighted by Gasteiger charge is -2.36. The van der Waals surface area contributed by atoms with E-state index in [1.807, 2.05) is 18.7 Å². The monoisotopic (exact) mass is 291 g/mol. The maximum absolute atomic E-state index is 12.9. The molecular weight excluding hydrogens is 266 g/mol. The van der Waals surface area contributed by atoms with Crippen molar-refractivity contribution in [1.29, 1.82) is 0 Å². The molecule has 2 heterocycles. The molecule has 2 atom stereocenters. The molecule has 1 saturated heterocycles. The van der Waals surface area contributed by atoms with E-state index in [1.165, 1.54) is 0 Å². The standard InChI is InChI=1S/C15H25N5O/c1-9(2)14-17-7-12(19-16)13(18-14)15(21)20-8-10(3)5-6-11(20)4/h7,9-11,19H,5-6,8,16H2,1-4H3. The van der Waals surface area contributed by atoms with Crippen LogP contribution in [0, 0.1) is 5.92 Å². The van der Waals surface area contributed by atoms with E-state index in [2.05, 4.69) is 29.2 Å². The van der Waals surface area contributed by atoms with E-state index in [4.69, 9.17) is 5.84 Å². The van der Waals surface area contributed by atoms with Gasteiger partial charge in [0.2, 0.25) is 0 Å². The highest BCUT2D eigenvalue weighted by Crippen LogP contribution is 2.25. The molecular formula is C15H25N5O. The van der Waals surface area contributed by atoms with E-state index in [0.717, 1.165) is 19.4 Å². The summed E-state index contributed by atoms with van der Waals surface area (Å²) >= 11 is 0. The highest BCUT2D eigenvalue weighted by Gasteiger charge is 2.30. The minimum absolute atomic E-state index is 0.0636. The van der Waals surface area contributed by atoms with Gasteiger partial charge in [-0.25, -0.2) is 9.97 Å². The van der Waals surface area contributed by atoms with Gasteiger partial charge in [0.25, 0.3) is 5.91 Å². The SMILES string of the molecule is CC1CCC(C)N(C(=O)c2nc(C(C)C)ncc2NN)C1. The molecule has 0 aromatic carbocycles. The minimum atomic E-state index is -0.0636. The van der Waals surface area contributed by atoms with Crippen molar-refractivity contribution in [2.45, 2.75) is 52.5 Å². The van der Waals surface area contributed by atoms with Crippen LogP contribution in [0.4, 0.5) is 5.69 Å². The Hall–Kier alpha value is -1.69. The van der Waals surface area contributed by atoms with Gasteiger partial charge in [0.05, 0.1) is 11.9 Å². The van der Waals surface area contributed by atoms with Crippen molar-refractivity contribution < 1.29 is 4.79 Å². The number of anilines is 1. The number of amides is 1. The lowest BCUT2D eigenvalue weighted by atomic mass is 9.94. The number of nitrogens with one attached hydrogen (secondary N) is 1. The Bertz CT molecular complexity index is 517. The molecule has 0 radical (unpaired) electrons. The van der Waals surface area contributed by atoms with Gasteiger partial charge >= 0.3 is 0 Å². The number of nitrogens with two attached hydrogens (primary N) is 1. The normalized spacial score (nSPS) is 22.5. The fourth-order valence-corrected chi connectivity index (χ4v) is 2.65. The van der Waals surface area contributed by atoms with Crippen molar-refractivity contribution in [2.75, 3.05) is 12.0 Å². The van der Waals surface area contributed by atoms with Crippen LogP contribution in [0.25, 0.3) is 0 Å². The fourth-order valence-electron chi connectivity index (χ4n) is 2.65. The number of hydrogen-bond donors (Lipinski definition) is 2. The molecule has 3 N–H and O–H groups in total. The van der Waals surface area contributed by atoms with Crippen molar-refractivity contribution >= 4 is 11.6 Å². The largest absolute Gasteiger partial charge is 0.334 e. The van der Waals surface area contributed by atoms with Gasteiger partial charge < -0.3 is 10.3 Å². The summed E-state index contributed by atoms with van der Waals surface area (Å²) in [6.07, 6.45) is 3.78. The summed E-state index contributed by atoms with van der Waals surface area (Å²) in [7, 11) is 0. The topological polar surface area (TPSA) is 84.1 Å². The Morgan fingerprint density at radius 2 is 2.14 bits per heavy atom. The highest BCUT2D eigenvalue weighted by molar-refractivity contribution is 5.97. The molecule has 1 amide bonds. The predicted molar refractivity (Wildman–Crippen MR) is 82.8 cm³/mol. The van der Waals surface area contributed by atoms with Crippen LogP contribution >= 0.6 is 0 Å². The van der Waals surface area contributed by atoms with Crippen molar-refractivity contribution in [2.24, 2.45) is 11.8 Å². The van der Waals surface area contributed by atoms with E-state index in [1.54, 1.807) is 6.20 Å². The number of rotatable bonds is 3. The van der Waals surface area contributed by atoms with E-state index >= 15 is 0 Å². The summed E-state index contributed by atoms with van der Waals surface area (Å²) in [5.41, 5.74) is 3.39. The molecule has 6 heteroatoms. The van der Waals surface area contributed by atoms with Gasteiger partial charge in [0.15, 0.2) is 5.69 Å². The Kier molecular flexibility index (Phi) is 4.77. The Morgan fingerprint density at radius 1 is 1.43 bits per heavy atom. The van der Waals surface area contributed by atoms with Crippen LogP contribution < -0.4 is 11.3 Å². The van der Waals surface area contributed by atoms with Crippen LogP contribution in [0.15, 0.2) is 6.20 Å². The summed E-state index contributed by atoms with van der Waals surface area (Å²) in [6.45, 7) is 9.04. The van der Waals surface area contributed by atoms with Crippen molar-refractivity contribution in [3.63, 3.8) is 0 Å². The van der Waals surface area contributed by atoms with Crippen LogP contribution in [-0.2, 0) is 0 Å². The summed E-state index contributed by atoms with van der Waals surface area (Å²) in [4.78, 5) is 23.4. The van der Waals surface area contributed by atoms with E-state index in [9.17, 15) is 4.79 Å². The number of carbonyl (C=O) groups is 1. The molecule has 1 aromatic heterocycles. The first-order valence-electron chi connectivity index (χ1n) is 7.58. The molecule has 2 unspecified atom stereocenters. The molecule has 0 aliphatic carbocycles. The molecule has 116 valence electrons. The maximum atomic E-state index is 12.9. The van der Waals surface area contributed by atoms with Crippen LogP contribution in [0.5, 0.6) is 0 Å². The van der Waals surface area contributed by atoms with Crippen LogP contribution in [-0.4, -0.2) is 33.4 Å². The number of hydrogen-bond acceptors (Lipinski definition) is 5. The second kappa shape index (κ2) is 6.39. The second-order valence-electron chi connectivity index (χ2n) is 6.28. The first-order valence-corrected chi connectivity index (χ1v) is 7.58. The average molecular weight is 291 g/mol. The summed E-state index contributed by atoms with van der Waals surface area (Å²) < 4.78 is 0. The average Bonchev–Trinajstić information content (AvgIpc) is 2.48. The predicted octanol–water partition coefficient (Wildman–Crippen LogP) is 2.15. The summed E-state index contributed by atoms with van der Waals surface area (Å²) in [6, 6.07) is 0.233. The molecule has 1 aromatic rings. The van der Waals surface area contributed by atoms with E-state index in [0.29, 0.717) is 23.1 Å². The van der Waals surface area contributed by atoms with Gasteiger partial charge in [-0.3, -0.25) is 10.6 Å². The molecule has 21 heavy (non-hydrogen) atoms. The molecule has 2 rings (SSSR count). The molecule has 0 saturated carbocycles. The van der Waals surface area contributed by atoms with Gasteiger partial charge in [-0.15, -0.1) is 0 Å². The van der Waals surface area contributed by atoms with Gasteiger partial charge in [-0.1, -0.05) is 20.8 Å². The summed E-state index contributed by atoms with van der Waals surface area (Å²) in [5.74, 6) is 6.79. The van der Waals surface area contributed by atoms with Gasteiger partial charge in [0, 0.05) is 18.5 Å². The van der Waals surface area contributed by atoms with Crippen molar-refractivity contribution in [1.82, 2.24) is 14.9 Å². The third-order valence-electron chi connectivity index (χ3n) is 4.06. The van der Waals surface area contributed by atoms with Crippen molar-refractivity contribution in [3.05, 3.63) is 17.7 Å². The smallest absolute Gasteiger partial charge is 0.275 e. The Morgan fingerprint density at radius 3 is 2.76 bits per heavy atom. The summed E-state index contributed by atoms with van der Waals surface area (Å²) in [5, 5.41) is 0. The first-order chi connectivity index (χ1) is 9.93. The molecule has 0 bridgehead atoms. The third kappa shape index (κ3) is 3.32. The number of nitrogen functional groups attached to an aromatic ring is 1. The second-order valence-corrected chi connectivity index (χ2v) is 6.28. The number of likely N-dealkylation sites (tertiary alicyclic amines) is 1. The first kappa shape index (κ1) is 15.7. The van der Waals surface area contributed by atoms with E-state index in [-0.39, 0.29) is 17.9 Å². The quantitative estimate of drug-likeness (QED) is 0.658. The number of carbonyl (C=O) groups excluding carboxylic acids is 1. The van der Waals surface area contributed by atoms with Gasteiger partial charge in [-0.05, 0) is 25.7 Å². The molecule has 1 aliphatic rings. The van der Waals surface area contributed by atoms with Gasteiger partial charge in [0.1, 0.15) is 5.82 Å². The molecule has 6 nitrogen and oxygen atoms in total.